The van der Waals surface area contributed by atoms with Crippen LogP contribution in [0.15, 0.2) is 53.6 Å². The van der Waals surface area contributed by atoms with Crippen LogP contribution in [0, 0.1) is 0 Å². The lowest BCUT2D eigenvalue weighted by atomic mass is 9.91. The Morgan fingerprint density at radius 3 is 2.70 bits per heavy atom. The summed E-state index contributed by atoms with van der Waals surface area (Å²) in [5.74, 6) is -0.0712. The van der Waals surface area contributed by atoms with E-state index in [-0.39, 0.29) is 0 Å². The number of carboxylic acid groups (broad SMARTS) is 1. The molecule has 1 aromatic carbocycles. The molecule has 1 aliphatic heterocycles. The first kappa shape index (κ1) is 14.1. The summed E-state index contributed by atoms with van der Waals surface area (Å²) >= 11 is 0. The van der Waals surface area contributed by atoms with Crippen LogP contribution in [0.25, 0.3) is 6.08 Å². The Labute approximate surface area is 118 Å². The molecule has 0 aliphatic carbocycles. The lowest BCUT2D eigenvalue weighted by Gasteiger charge is -2.32. The zero-order chi connectivity index (χ0) is 14.8. The zero-order valence-corrected chi connectivity index (χ0v) is 11.9. The number of hydrogen-bond acceptors (Lipinski definition) is 2. The second-order valence-electron chi connectivity index (χ2n) is 5.31. The second kappa shape index (κ2) is 5.37. The van der Waals surface area contributed by atoms with Gasteiger partial charge in [-0.25, -0.2) is 4.79 Å². The van der Waals surface area contributed by atoms with Gasteiger partial charge in [0.05, 0.1) is 0 Å². The van der Waals surface area contributed by atoms with Crippen LogP contribution < -0.4 is 4.74 Å². The van der Waals surface area contributed by atoms with Crippen LogP contribution in [0.4, 0.5) is 0 Å². The molecule has 0 aromatic heterocycles. The maximum atomic E-state index is 10.6. The van der Waals surface area contributed by atoms with E-state index in [9.17, 15) is 4.79 Å². The maximum absolute atomic E-state index is 10.6. The summed E-state index contributed by atoms with van der Waals surface area (Å²) in [7, 11) is 0. The molecule has 3 heteroatoms. The number of hydrogen-bond donors (Lipinski definition) is 1. The molecule has 20 heavy (non-hydrogen) atoms. The number of para-hydroxylation sites is 1. The topological polar surface area (TPSA) is 46.5 Å². The van der Waals surface area contributed by atoms with Gasteiger partial charge in [0.25, 0.3) is 0 Å². The fourth-order valence-corrected chi connectivity index (χ4v) is 2.08. The van der Waals surface area contributed by atoms with E-state index < -0.39 is 11.6 Å². The van der Waals surface area contributed by atoms with E-state index in [0.717, 1.165) is 16.9 Å². The summed E-state index contributed by atoms with van der Waals surface area (Å²) in [5.41, 5.74) is 2.29. The molecule has 0 unspecified atom stereocenters. The number of carboxylic acids is 1. The molecular weight excluding hydrogens is 252 g/mol. The SMILES string of the molecule is CC(C=CC1=Cc2ccccc2OC1(C)C)=CC(=O)O. The predicted octanol–water partition coefficient (Wildman–Crippen LogP) is 3.83. The highest BCUT2D eigenvalue weighted by Gasteiger charge is 2.28. The standard InChI is InChI=1S/C17H18O3/c1-12(10-16(18)19)8-9-14-11-13-6-4-5-7-15(13)20-17(14,2)3/h4-11H,1-3H3,(H,18,19). The van der Waals surface area contributed by atoms with Gasteiger partial charge >= 0.3 is 5.97 Å². The summed E-state index contributed by atoms with van der Waals surface area (Å²) in [6.45, 7) is 5.75. The van der Waals surface area contributed by atoms with Crippen molar-refractivity contribution in [2.45, 2.75) is 26.4 Å². The van der Waals surface area contributed by atoms with E-state index in [0.29, 0.717) is 5.57 Å². The number of fused-ring (bicyclic) bond motifs is 1. The zero-order valence-electron chi connectivity index (χ0n) is 11.9. The Morgan fingerprint density at radius 1 is 1.30 bits per heavy atom. The van der Waals surface area contributed by atoms with Crippen LogP contribution >= 0.6 is 0 Å². The van der Waals surface area contributed by atoms with Crippen LogP contribution in [-0.2, 0) is 4.79 Å². The van der Waals surface area contributed by atoms with Gasteiger partial charge in [0, 0.05) is 11.6 Å². The molecule has 0 saturated heterocycles. The van der Waals surface area contributed by atoms with Crippen molar-refractivity contribution in [1.82, 2.24) is 0 Å². The molecule has 1 aliphatic rings. The molecule has 104 valence electrons. The van der Waals surface area contributed by atoms with Crippen molar-refractivity contribution in [2.24, 2.45) is 0 Å². The predicted molar refractivity (Wildman–Crippen MR) is 79.7 cm³/mol. The third kappa shape index (κ3) is 3.18. The van der Waals surface area contributed by atoms with Gasteiger partial charge in [0.2, 0.25) is 0 Å². The first-order chi connectivity index (χ1) is 9.38. The van der Waals surface area contributed by atoms with Crippen molar-refractivity contribution in [3.63, 3.8) is 0 Å². The molecular formula is C17H18O3. The van der Waals surface area contributed by atoms with E-state index in [1.165, 1.54) is 6.08 Å². The normalized spacial score (nSPS) is 17.4. The first-order valence-electron chi connectivity index (χ1n) is 6.48. The Kier molecular flexibility index (Phi) is 3.79. The molecule has 0 spiro atoms. The molecule has 1 heterocycles. The van der Waals surface area contributed by atoms with Crippen LogP contribution in [0.2, 0.25) is 0 Å². The molecule has 0 fully saturated rings. The fourth-order valence-electron chi connectivity index (χ4n) is 2.08. The summed E-state index contributed by atoms with van der Waals surface area (Å²) in [5, 5.41) is 8.70. The average Bonchev–Trinajstić information content (AvgIpc) is 2.34. The number of benzene rings is 1. The van der Waals surface area contributed by atoms with Crippen LogP contribution in [0.3, 0.4) is 0 Å². The summed E-state index contributed by atoms with van der Waals surface area (Å²) in [6, 6.07) is 7.86. The number of ether oxygens (including phenoxy) is 1. The third-order valence-electron chi connectivity index (χ3n) is 3.17. The lowest BCUT2D eigenvalue weighted by molar-refractivity contribution is -0.131. The molecule has 1 aromatic rings. The highest BCUT2D eigenvalue weighted by molar-refractivity contribution is 5.81. The first-order valence-corrected chi connectivity index (χ1v) is 6.48. The van der Waals surface area contributed by atoms with Gasteiger partial charge in [0.15, 0.2) is 0 Å². The third-order valence-corrected chi connectivity index (χ3v) is 3.17. The summed E-state index contributed by atoms with van der Waals surface area (Å²) in [6.07, 6.45) is 6.95. The van der Waals surface area contributed by atoms with Gasteiger partial charge in [-0.3, -0.25) is 0 Å². The molecule has 1 N–H and O–H groups in total. The van der Waals surface area contributed by atoms with Gasteiger partial charge in [-0.2, -0.15) is 0 Å². The van der Waals surface area contributed by atoms with Crippen LogP contribution in [0.1, 0.15) is 26.3 Å². The van der Waals surface area contributed by atoms with E-state index in [4.69, 9.17) is 9.84 Å². The van der Waals surface area contributed by atoms with Crippen molar-refractivity contribution < 1.29 is 14.6 Å². The molecule has 2 rings (SSSR count). The Hall–Kier alpha value is -2.29. The van der Waals surface area contributed by atoms with Crippen LogP contribution in [-0.4, -0.2) is 16.7 Å². The highest BCUT2D eigenvalue weighted by atomic mass is 16.5. The average molecular weight is 270 g/mol. The van der Waals surface area contributed by atoms with Crippen molar-refractivity contribution in [2.75, 3.05) is 0 Å². The Morgan fingerprint density at radius 2 is 2.00 bits per heavy atom. The molecule has 0 atom stereocenters. The number of aliphatic carboxylic acids is 1. The smallest absolute Gasteiger partial charge is 0.328 e. The van der Waals surface area contributed by atoms with Crippen molar-refractivity contribution in [3.05, 3.63) is 59.2 Å². The summed E-state index contributed by atoms with van der Waals surface area (Å²) < 4.78 is 5.99. The molecule has 0 radical (unpaired) electrons. The van der Waals surface area contributed by atoms with E-state index in [2.05, 4.69) is 6.08 Å². The minimum Gasteiger partial charge on any atom is -0.483 e. The number of allylic oxidation sites excluding steroid dienone is 2. The quantitative estimate of drug-likeness (QED) is 0.670. The Balaban J connectivity index is 2.33. The van der Waals surface area contributed by atoms with E-state index in [1.807, 2.05) is 44.2 Å². The number of carbonyl (C=O) groups is 1. The lowest BCUT2D eigenvalue weighted by Crippen LogP contribution is -2.32. The van der Waals surface area contributed by atoms with Crippen molar-refractivity contribution >= 4 is 12.0 Å². The van der Waals surface area contributed by atoms with Crippen LogP contribution in [0.5, 0.6) is 5.75 Å². The second-order valence-corrected chi connectivity index (χ2v) is 5.31. The van der Waals surface area contributed by atoms with Gasteiger partial charge in [-0.1, -0.05) is 30.4 Å². The van der Waals surface area contributed by atoms with Gasteiger partial charge in [-0.05, 0) is 44.1 Å². The minimum atomic E-state index is -0.939. The van der Waals surface area contributed by atoms with Gasteiger partial charge in [0.1, 0.15) is 11.4 Å². The molecule has 0 saturated carbocycles. The minimum absolute atomic E-state index is 0.436. The monoisotopic (exact) mass is 270 g/mol. The van der Waals surface area contributed by atoms with Gasteiger partial charge in [-0.15, -0.1) is 0 Å². The fraction of sp³-hybridized carbons (Fsp3) is 0.235. The molecule has 3 nitrogen and oxygen atoms in total. The Bertz CT molecular complexity index is 619. The molecule has 0 bridgehead atoms. The molecule has 0 amide bonds. The van der Waals surface area contributed by atoms with Crippen molar-refractivity contribution in [1.29, 1.82) is 0 Å². The highest BCUT2D eigenvalue weighted by Crippen LogP contribution is 2.35. The van der Waals surface area contributed by atoms with E-state index >= 15 is 0 Å². The number of rotatable bonds is 3. The van der Waals surface area contributed by atoms with E-state index in [1.54, 1.807) is 13.0 Å². The maximum Gasteiger partial charge on any atom is 0.328 e. The van der Waals surface area contributed by atoms with Crippen molar-refractivity contribution in [3.8, 4) is 5.75 Å². The van der Waals surface area contributed by atoms with Gasteiger partial charge < -0.3 is 9.84 Å². The summed E-state index contributed by atoms with van der Waals surface area (Å²) in [4.78, 5) is 10.6. The largest absolute Gasteiger partial charge is 0.483 e.